The summed E-state index contributed by atoms with van der Waals surface area (Å²) >= 11 is 0. The molecule has 3 rings (SSSR count). The Morgan fingerprint density at radius 3 is 2.52 bits per heavy atom. The monoisotopic (exact) mass is 452 g/mol. The summed E-state index contributed by atoms with van der Waals surface area (Å²) in [5, 5.41) is 6.95. The number of hydrogen-bond acceptors (Lipinski definition) is 7. The highest BCUT2D eigenvalue weighted by molar-refractivity contribution is 5.86. The van der Waals surface area contributed by atoms with Crippen LogP contribution in [-0.4, -0.2) is 42.9 Å². The van der Waals surface area contributed by atoms with Crippen molar-refractivity contribution in [3.8, 4) is 11.5 Å². The van der Waals surface area contributed by atoms with Crippen LogP contribution in [0.15, 0.2) is 54.6 Å². The average Bonchev–Trinajstić information content (AvgIpc) is 2.79. The molecule has 0 saturated carbocycles. The van der Waals surface area contributed by atoms with Gasteiger partial charge in [-0.3, -0.25) is 0 Å². The van der Waals surface area contributed by atoms with Crippen molar-refractivity contribution in [3.05, 3.63) is 60.2 Å². The number of nitrogens with two attached hydrogens (primary N) is 1. The van der Waals surface area contributed by atoms with Gasteiger partial charge in [0.05, 0.1) is 18.7 Å². The normalized spacial score (nSPS) is 12.2. The van der Waals surface area contributed by atoms with Gasteiger partial charge in [0.2, 0.25) is 0 Å². The molecular formula is C25H32N4O4. The molecule has 0 aliphatic carbocycles. The van der Waals surface area contributed by atoms with Crippen LogP contribution in [0.3, 0.4) is 0 Å². The molecule has 0 aliphatic heterocycles. The molecular weight excluding hydrogens is 420 g/mol. The molecule has 2 aromatic carbocycles. The Hall–Kier alpha value is -3.52. The molecule has 1 atom stereocenters. The van der Waals surface area contributed by atoms with Crippen LogP contribution in [-0.2, 0) is 11.3 Å². The molecule has 33 heavy (non-hydrogen) atoms. The topological polar surface area (TPSA) is 108 Å². The number of alkyl carbamates (subject to hydrolysis) is 1. The summed E-state index contributed by atoms with van der Waals surface area (Å²) in [6.07, 6.45) is -0.505. The lowest BCUT2D eigenvalue weighted by Gasteiger charge is -2.23. The van der Waals surface area contributed by atoms with E-state index in [1.807, 2.05) is 75.4 Å². The van der Waals surface area contributed by atoms with E-state index in [-0.39, 0.29) is 12.6 Å². The van der Waals surface area contributed by atoms with Gasteiger partial charge in [-0.25, -0.2) is 9.78 Å². The van der Waals surface area contributed by atoms with Gasteiger partial charge in [-0.2, -0.15) is 0 Å². The van der Waals surface area contributed by atoms with Crippen LogP contribution in [0.2, 0.25) is 0 Å². The number of carbonyl (C=O) groups is 1. The van der Waals surface area contributed by atoms with E-state index < -0.39 is 11.7 Å². The summed E-state index contributed by atoms with van der Waals surface area (Å²) in [7, 11) is 1.64. The highest BCUT2D eigenvalue weighted by Gasteiger charge is 2.19. The zero-order valence-electron chi connectivity index (χ0n) is 19.6. The fraction of sp³-hybridized carbons (Fsp3) is 0.360. The van der Waals surface area contributed by atoms with Crippen LogP contribution in [0.4, 0.5) is 10.6 Å². The van der Waals surface area contributed by atoms with E-state index in [1.54, 1.807) is 7.11 Å². The van der Waals surface area contributed by atoms with Gasteiger partial charge in [-0.1, -0.05) is 24.3 Å². The number of ether oxygens (including phenoxy) is 3. The first-order valence-corrected chi connectivity index (χ1v) is 10.9. The predicted molar refractivity (Wildman–Crippen MR) is 130 cm³/mol. The average molecular weight is 453 g/mol. The molecule has 1 heterocycles. The number of amides is 1. The fourth-order valence-electron chi connectivity index (χ4n) is 3.13. The van der Waals surface area contributed by atoms with Crippen LogP contribution in [0.25, 0.3) is 10.9 Å². The highest BCUT2D eigenvalue weighted by Crippen LogP contribution is 2.28. The summed E-state index contributed by atoms with van der Waals surface area (Å²) < 4.78 is 16.7. The molecule has 1 amide bonds. The minimum absolute atomic E-state index is 0.251. The maximum Gasteiger partial charge on any atom is 0.407 e. The van der Waals surface area contributed by atoms with E-state index >= 15 is 0 Å². The molecule has 176 valence electrons. The van der Waals surface area contributed by atoms with Crippen LogP contribution in [0.1, 0.15) is 26.3 Å². The Bertz CT molecular complexity index is 1060. The number of pyridine rings is 1. The fourth-order valence-corrected chi connectivity index (χ4v) is 3.13. The second-order valence-corrected chi connectivity index (χ2v) is 8.62. The van der Waals surface area contributed by atoms with E-state index in [0.29, 0.717) is 24.7 Å². The van der Waals surface area contributed by atoms with E-state index in [2.05, 4.69) is 15.6 Å². The number of aromatic nitrogens is 1. The molecule has 3 aromatic rings. The van der Waals surface area contributed by atoms with Gasteiger partial charge in [0, 0.05) is 24.5 Å². The second-order valence-electron chi connectivity index (χ2n) is 8.62. The summed E-state index contributed by atoms with van der Waals surface area (Å²) in [6, 6.07) is 17.1. The van der Waals surface area contributed by atoms with Gasteiger partial charge in [-0.15, -0.1) is 0 Å². The Morgan fingerprint density at radius 1 is 1.12 bits per heavy atom. The molecule has 0 fully saturated rings. The summed E-state index contributed by atoms with van der Waals surface area (Å²) in [5.41, 5.74) is 7.09. The predicted octanol–water partition coefficient (Wildman–Crippen LogP) is 4.09. The molecule has 8 nitrogen and oxygen atoms in total. The second kappa shape index (κ2) is 10.9. The molecule has 1 aromatic heterocycles. The molecule has 0 aliphatic rings. The third-order valence-corrected chi connectivity index (χ3v) is 4.77. The number of carbonyl (C=O) groups excluding carboxylic acids is 1. The first-order chi connectivity index (χ1) is 15.8. The van der Waals surface area contributed by atoms with Crippen molar-refractivity contribution in [1.29, 1.82) is 0 Å². The smallest absolute Gasteiger partial charge is 0.407 e. The third kappa shape index (κ3) is 7.25. The van der Waals surface area contributed by atoms with Gasteiger partial charge < -0.3 is 30.6 Å². The zero-order valence-corrected chi connectivity index (χ0v) is 19.6. The number of nitrogens with zero attached hydrogens (tertiary/aromatic N) is 1. The lowest BCUT2D eigenvalue weighted by atomic mass is 10.2. The van der Waals surface area contributed by atoms with Crippen molar-refractivity contribution < 1.29 is 19.0 Å². The van der Waals surface area contributed by atoms with Crippen LogP contribution < -0.4 is 25.8 Å². The Morgan fingerprint density at radius 2 is 1.85 bits per heavy atom. The van der Waals surface area contributed by atoms with Crippen molar-refractivity contribution in [2.75, 3.05) is 25.5 Å². The van der Waals surface area contributed by atoms with Crippen molar-refractivity contribution in [2.24, 2.45) is 5.73 Å². The Kier molecular flexibility index (Phi) is 7.95. The van der Waals surface area contributed by atoms with Gasteiger partial charge in [-0.05, 0) is 50.6 Å². The molecule has 4 N–H and O–H groups in total. The number of rotatable bonds is 9. The number of benzene rings is 2. The lowest BCUT2D eigenvalue weighted by Crippen LogP contribution is -2.46. The van der Waals surface area contributed by atoms with Crippen LogP contribution >= 0.6 is 0 Å². The van der Waals surface area contributed by atoms with E-state index in [1.165, 1.54) is 0 Å². The first kappa shape index (κ1) is 24.1. The Balaban J connectivity index is 1.70. The third-order valence-electron chi connectivity index (χ3n) is 4.77. The minimum atomic E-state index is -0.577. The van der Waals surface area contributed by atoms with E-state index in [9.17, 15) is 4.79 Å². The quantitative estimate of drug-likeness (QED) is 0.449. The number of methoxy groups -OCH3 is 1. The maximum absolute atomic E-state index is 12.1. The molecule has 1 unspecified atom stereocenters. The van der Waals surface area contributed by atoms with Crippen LogP contribution in [0.5, 0.6) is 11.5 Å². The standard InChI is InChI=1S/C25H32N4O4/c1-25(2,3)33-24(30)28-18(14-26)15-27-23-13-22(20-7-5-6-8-21(20)29-23)32-16-17-9-11-19(31-4)12-10-17/h5-13,18H,14-16,26H2,1-4H3,(H,27,29)(H,28,30). The highest BCUT2D eigenvalue weighted by atomic mass is 16.6. The lowest BCUT2D eigenvalue weighted by molar-refractivity contribution is 0.0508. The zero-order chi connectivity index (χ0) is 23.8. The van der Waals surface area contributed by atoms with Crippen molar-refractivity contribution in [2.45, 2.75) is 39.0 Å². The SMILES string of the molecule is COc1ccc(COc2cc(NCC(CN)NC(=O)OC(C)(C)C)nc3ccccc23)cc1. The summed E-state index contributed by atoms with van der Waals surface area (Å²) in [4.78, 5) is 16.7. The van der Waals surface area contributed by atoms with Gasteiger partial charge in [0.1, 0.15) is 29.5 Å². The molecule has 0 spiro atoms. The molecule has 8 heteroatoms. The number of anilines is 1. The van der Waals surface area contributed by atoms with E-state index in [4.69, 9.17) is 19.9 Å². The number of nitrogens with one attached hydrogen (secondary N) is 2. The summed E-state index contributed by atoms with van der Waals surface area (Å²) in [6.45, 7) is 6.49. The summed E-state index contributed by atoms with van der Waals surface area (Å²) in [5.74, 6) is 2.14. The first-order valence-electron chi connectivity index (χ1n) is 10.9. The van der Waals surface area contributed by atoms with Gasteiger partial charge in [0.15, 0.2) is 0 Å². The maximum atomic E-state index is 12.1. The van der Waals surface area contributed by atoms with Gasteiger partial charge >= 0.3 is 6.09 Å². The molecule has 0 radical (unpaired) electrons. The molecule has 0 bridgehead atoms. The number of fused-ring (bicyclic) bond motifs is 1. The number of hydrogen-bond donors (Lipinski definition) is 3. The van der Waals surface area contributed by atoms with E-state index in [0.717, 1.165) is 22.2 Å². The van der Waals surface area contributed by atoms with Crippen LogP contribution in [0, 0.1) is 0 Å². The Labute approximate surface area is 194 Å². The number of para-hydroxylation sites is 1. The largest absolute Gasteiger partial charge is 0.497 e. The van der Waals surface area contributed by atoms with Crippen molar-refractivity contribution >= 4 is 22.8 Å². The minimum Gasteiger partial charge on any atom is -0.497 e. The van der Waals surface area contributed by atoms with Gasteiger partial charge in [0.25, 0.3) is 0 Å². The van der Waals surface area contributed by atoms with Crippen molar-refractivity contribution in [3.63, 3.8) is 0 Å². The molecule has 0 saturated heterocycles. The van der Waals surface area contributed by atoms with Crippen molar-refractivity contribution in [1.82, 2.24) is 10.3 Å².